The summed E-state index contributed by atoms with van der Waals surface area (Å²) in [6.45, 7) is 21.7. The summed E-state index contributed by atoms with van der Waals surface area (Å²) in [6, 6.07) is 35.8. The van der Waals surface area contributed by atoms with Gasteiger partial charge >= 0.3 is 0 Å². The van der Waals surface area contributed by atoms with Gasteiger partial charge in [-0.05, 0) is 100.0 Å². The minimum Gasteiger partial charge on any atom is -0.309 e. The molecule has 0 unspecified atom stereocenters. The van der Waals surface area contributed by atoms with Crippen molar-refractivity contribution < 1.29 is 0 Å². The van der Waals surface area contributed by atoms with Gasteiger partial charge in [0.15, 0.2) is 11.4 Å². The van der Waals surface area contributed by atoms with Crippen LogP contribution < -0.4 is 0 Å². The van der Waals surface area contributed by atoms with Gasteiger partial charge < -0.3 is 4.57 Å². The van der Waals surface area contributed by atoms with Crippen molar-refractivity contribution in [2.24, 2.45) is 0 Å². The molecule has 0 bridgehead atoms. The third-order valence-corrected chi connectivity index (χ3v) is 7.74. The first-order chi connectivity index (χ1) is 20.7. The highest BCUT2D eigenvalue weighted by Crippen LogP contribution is 2.40. The molecular formula is C38H25N5. The number of para-hydroxylation sites is 1. The lowest BCUT2D eigenvalue weighted by atomic mass is 9.85. The Bertz CT molecular complexity index is 2070. The van der Waals surface area contributed by atoms with E-state index in [2.05, 4.69) is 95.7 Å². The molecule has 5 aromatic carbocycles. The SMILES string of the molecule is [C-]#[N+]c1cc(C#N)cc(-c2ccc3c(c2)c2cc(-c4cc(C#N)cc([N+]#[C-])c4)ccc2n3-c2ccccc2C(C)(C)C)c1. The van der Waals surface area contributed by atoms with Gasteiger partial charge in [-0.2, -0.15) is 10.5 Å². The fourth-order valence-electron chi connectivity index (χ4n) is 5.76. The normalized spacial score (nSPS) is 11.0. The number of nitriles is 2. The van der Waals surface area contributed by atoms with Gasteiger partial charge in [0, 0.05) is 27.6 Å². The van der Waals surface area contributed by atoms with E-state index < -0.39 is 0 Å². The van der Waals surface area contributed by atoms with Crippen molar-refractivity contribution in [3.63, 3.8) is 0 Å². The predicted octanol–water partition coefficient (Wildman–Crippen LogP) is 10.3. The van der Waals surface area contributed by atoms with Gasteiger partial charge in [0.2, 0.25) is 0 Å². The van der Waals surface area contributed by atoms with Crippen LogP contribution >= 0.6 is 0 Å². The van der Waals surface area contributed by atoms with Crippen molar-refractivity contribution in [2.45, 2.75) is 26.2 Å². The lowest BCUT2D eigenvalue weighted by Gasteiger charge is -2.24. The number of hydrogen-bond acceptors (Lipinski definition) is 2. The van der Waals surface area contributed by atoms with Crippen molar-refractivity contribution in [2.75, 3.05) is 0 Å². The Morgan fingerprint density at radius 1 is 0.605 bits per heavy atom. The van der Waals surface area contributed by atoms with Gasteiger partial charge in [-0.1, -0.05) is 51.1 Å². The maximum Gasteiger partial charge on any atom is 0.189 e. The van der Waals surface area contributed by atoms with Crippen LogP contribution in [0.4, 0.5) is 11.4 Å². The Kier molecular flexibility index (Phi) is 6.52. The van der Waals surface area contributed by atoms with Crippen LogP contribution in [-0.4, -0.2) is 4.57 Å². The zero-order chi connectivity index (χ0) is 30.3. The van der Waals surface area contributed by atoms with Crippen LogP contribution in [0, 0.1) is 35.8 Å². The summed E-state index contributed by atoms with van der Waals surface area (Å²) in [5, 5.41) is 21.2. The molecule has 0 aliphatic rings. The molecule has 0 N–H and O–H groups in total. The first-order valence-corrected chi connectivity index (χ1v) is 13.8. The first-order valence-electron chi connectivity index (χ1n) is 13.8. The van der Waals surface area contributed by atoms with E-state index in [0.29, 0.717) is 22.5 Å². The molecular weight excluding hydrogens is 526 g/mol. The Hall–Kier alpha value is -6.14. The van der Waals surface area contributed by atoms with Gasteiger partial charge in [-0.25, -0.2) is 9.69 Å². The smallest absolute Gasteiger partial charge is 0.189 e. The highest BCUT2D eigenvalue weighted by Gasteiger charge is 2.22. The first kappa shape index (κ1) is 27.1. The van der Waals surface area contributed by atoms with Gasteiger partial charge in [-0.15, -0.1) is 0 Å². The van der Waals surface area contributed by atoms with Gasteiger partial charge in [0.1, 0.15) is 0 Å². The van der Waals surface area contributed by atoms with Crippen LogP contribution in [0.5, 0.6) is 0 Å². The maximum atomic E-state index is 9.58. The highest BCUT2D eigenvalue weighted by atomic mass is 15.0. The number of fused-ring (bicyclic) bond motifs is 3. The molecule has 1 aromatic heterocycles. The van der Waals surface area contributed by atoms with Gasteiger partial charge in [0.25, 0.3) is 0 Å². The number of nitrogens with zero attached hydrogens (tertiary/aromatic N) is 5. The van der Waals surface area contributed by atoms with E-state index in [4.69, 9.17) is 13.1 Å². The topological polar surface area (TPSA) is 61.2 Å². The Morgan fingerprint density at radius 2 is 1.09 bits per heavy atom. The molecule has 0 radical (unpaired) electrons. The van der Waals surface area contributed by atoms with E-state index in [0.717, 1.165) is 49.7 Å². The maximum absolute atomic E-state index is 9.58. The van der Waals surface area contributed by atoms with E-state index in [9.17, 15) is 10.5 Å². The minimum absolute atomic E-state index is 0.0961. The molecule has 0 aliphatic heterocycles. The third kappa shape index (κ3) is 4.77. The van der Waals surface area contributed by atoms with Crippen molar-refractivity contribution in [1.29, 1.82) is 10.5 Å². The molecule has 5 nitrogen and oxygen atoms in total. The average Bonchev–Trinajstić information content (AvgIpc) is 3.36. The second-order valence-electron chi connectivity index (χ2n) is 11.6. The standard InChI is InChI=1S/C38H25N5/c1-38(2,3)34-8-6-7-9-37(34)43-35-12-10-26(28-14-24(22-39)16-30(18-28)41-4)20-32(35)33-21-27(11-13-36(33)43)29-15-25(23-40)17-31(19-29)42-5/h6-21H,1-3H3. The largest absolute Gasteiger partial charge is 0.309 e. The molecule has 0 saturated carbocycles. The molecule has 0 atom stereocenters. The Morgan fingerprint density at radius 3 is 1.53 bits per heavy atom. The molecule has 6 aromatic rings. The van der Waals surface area contributed by atoms with Crippen molar-refractivity contribution in [1.82, 2.24) is 4.57 Å². The molecule has 0 amide bonds. The summed E-state index contributed by atoms with van der Waals surface area (Å²) in [5.74, 6) is 0. The molecule has 5 heteroatoms. The molecule has 0 spiro atoms. The van der Waals surface area contributed by atoms with Crippen molar-refractivity contribution in [3.05, 3.63) is 137 Å². The number of hydrogen-bond donors (Lipinski definition) is 0. The number of rotatable bonds is 3. The molecule has 6 rings (SSSR count). The summed E-state index contributed by atoms with van der Waals surface area (Å²) in [4.78, 5) is 7.16. The molecule has 0 aliphatic carbocycles. The highest BCUT2D eigenvalue weighted by molar-refractivity contribution is 6.12. The van der Waals surface area contributed by atoms with E-state index in [1.807, 2.05) is 36.4 Å². The van der Waals surface area contributed by atoms with E-state index >= 15 is 0 Å². The summed E-state index contributed by atoms with van der Waals surface area (Å²) in [5.41, 5.74) is 9.44. The van der Waals surface area contributed by atoms with E-state index in [-0.39, 0.29) is 5.41 Å². The third-order valence-electron chi connectivity index (χ3n) is 7.74. The van der Waals surface area contributed by atoms with Crippen molar-refractivity contribution >= 4 is 33.2 Å². The monoisotopic (exact) mass is 551 g/mol. The molecule has 1 heterocycles. The van der Waals surface area contributed by atoms with E-state index in [1.165, 1.54) is 5.56 Å². The quantitative estimate of drug-likeness (QED) is 0.205. The van der Waals surface area contributed by atoms with Crippen LogP contribution in [0.25, 0.3) is 59.4 Å². The molecule has 0 saturated heterocycles. The Balaban J connectivity index is 1.69. The Labute approximate surface area is 250 Å². The lowest BCUT2D eigenvalue weighted by Crippen LogP contribution is -2.15. The fraction of sp³-hybridized carbons (Fsp3) is 0.105. The van der Waals surface area contributed by atoms with Crippen LogP contribution in [-0.2, 0) is 5.41 Å². The predicted molar refractivity (Wildman–Crippen MR) is 172 cm³/mol. The minimum atomic E-state index is -0.0961. The van der Waals surface area contributed by atoms with Crippen LogP contribution in [0.2, 0.25) is 0 Å². The fourth-order valence-corrected chi connectivity index (χ4v) is 5.76. The van der Waals surface area contributed by atoms with Crippen LogP contribution in [0.3, 0.4) is 0 Å². The molecule has 202 valence electrons. The van der Waals surface area contributed by atoms with Gasteiger partial charge in [0.05, 0.1) is 36.3 Å². The molecule has 43 heavy (non-hydrogen) atoms. The zero-order valence-corrected chi connectivity index (χ0v) is 24.0. The van der Waals surface area contributed by atoms with E-state index in [1.54, 1.807) is 12.1 Å². The summed E-state index contributed by atoms with van der Waals surface area (Å²) in [7, 11) is 0. The summed E-state index contributed by atoms with van der Waals surface area (Å²) in [6.07, 6.45) is 0. The number of aromatic nitrogens is 1. The summed E-state index contributed by atoms with van der Waals surface area (Å²) < 4.78 is 2.30. The lowest BCUT2D eigenvalue weighted by molar-refractivity contribution is 0.587. The summed E-state index contributed by atoms with van der Waals surface area (Å²) >= 11 is 0. The van der Waals surface area contributed by atoms with Crippen molar-refractivity contribution in [3.8, 4) is 40.1 Å². The van der Waals surface area contributed by atoms with Crippen LogP contribution in [0.1, 0.15) is 37.5 Å². The zero-order valence-electron chi connectivity index (χ0n) is 24.0. The molecule has 0 fully saturated rings. The van der Waals surface area contributed by atoms with Gasteiger partial charge in [-0.3, -0.25) is 0 Å². The number of benzene rings is 5. The van der Waals surface area contributed by atoms with Crippen LogP contribution in [0.15, 0.2) is 97.1 Å². The average molecular weight is 552 g/mol. The second-order valence-corrected chi connectivity index (χ2v) is 11.6. The second kappa shape index (κ2) is 10.4.